The molecule has 0 bridgehead atoms. The number of pyridine rings is 1. The Kier molecular flexibility index (Phi) is 5.43. The van der Waals surface area contributed by atoms with Gasteiger partial charge in [-0.05, 0) is 35.0 Å². The molecule has 0 atom stereocenters. The van der Waals surface area contributed by atoms with Gasteiger partial charge in [-0.3, -0.25) is 4.79 Å². The van der Waals surface area contributed by atoms with Crippen LogP contribution in [0.2, 0.25) is 0 Å². The SMILES string of the molecule is Cc1c(F)c(N2CC(N)C2)c(Br)c2c1c(=O)c(C(=O)O)cn2-c1cc(N)c(F)cc1CO. The van der Waals surface area contributed by atoms with Gasteiger partial charge in [-0.2, -0.15) is 0 Å². The fourth-order valence-electron chi connectivity index (χ4n) is 3.96. The van der Waals surface area contributed by atoms with E-state index < -0.39 is 35.2 Å². The van der Waals surface area contributed by atoms with Gasteiger partial charge in [0.25, 0.3) is 0 Å². The summed E-state index contributed by atoms with van der Waals surface area (Å²) in [6.07, 6.45) is 1.06. The second-order valence-corrected chi connectivity index (χ2v) is 8.49. The van der Waals surface area contributed by atoms with Crippen LogP contribution < -0.4 is 21.8 Å². The largest absolute Gasteiger partial charge is 0.477 e. The number of nitrogens with two attached hydrogens (primary N) is 2. The number of aryl methyl sites for hydroxylation is 1. The molecular formula is C21H19BrF2N4O4. The number of aromatic carboxylic acids is 1. The monoisotopic (exact) mass is 508 g/mol. The molecule has 3 aromatic rings. The zero-order valence-electron chi connectivity index (χ0n) is 16.8. The van der Waals surface area contributed by atoms with Gasteiger partial charge in [0.15, 0.2) is 5.82 Å². The quantitative estimate of drug-likeness (QED) is 0.397. The molecule has 0 saturated carbocycles. The summed E-state index contributed by atoms with van der Waals surface area (Å²) in [5, 5.41) is 19.2. The van der Waals surface area contributed by atoms with Crippen LogP contribution in [0.1, 0.15) is 21.5 Å². The number of halogens is 3. The van der Waals surface area contributed by atoms with E-state index >= 15 is 4.39 Å². The Balaban J connectivity index is 2.21. The van der Waals surface area contributed by atoms with Crippen molar-refractivity contribution in [1.29, 1.82) is 0 Å². The zero-order valence-corrected chi connectivity index (χ0v) is 18.4. The Morgan fingerprint density at radius 1 is 1.31 bits per heavy atom. The third-order valence-corrected chi connectivity index (χ3v) is 6.37. The first-order chi connectivity index (χ1) is 15.1. The van der Waals surface area contributed by atoms with E-state index in [4.69, 9.17) is 11.5 Å². The normalized spacial score (nSPS) is 14.1. The van der Waals surface area contributed by atoms with Gasteiger partial charge in [-0.1, -0.05) is 0 Å². The van der Waals surface area contributed by atoms with Crippen molar-refractivity contribution < 1.29 is 23.8 Å². The molecule has 4 rings (SSSR count). The van der Waals surface area contributed by atoms with Crippen LogP contribution in [-0.2, 0) is 6.61 Å². The minimum atomic E-state index is -1.51. The molecule has 32 heavy (non-hydrogen) atoms. The van der Waals surface area contributed by atoms with Crippen LogP contribution in [0.3, 0.4) is 0 Å². The minimum absolute atomic E-state index is 0.0406. The molecule has 0 radical (unpaired) electrons. The lowest BCUT2D eigenvalue weighted by Gasteiger charge is -2.40. The first kappa shape index (κ1) is 22.2. The predicted molar refractivity (Wildman–Crippen MR) is 119 cm³/mol. The summed E-state index contributed by atoms with van der Waals surface area (Å²) in [5.41, 5.74) is 10.4. The fraction of sp³-hybridized carbons (Fsp3) is 0.238. The maximum atomic E-state index is 15.4. The summed E-state index contributed by atoms with van der Waals surface area (Å²) in [7, 11) is 0. The number of nitrogen functional groups attached to an aromatic ring is 1. The lowest BCUT2D eigenvalue weighted by molar-refractivity contribution is 0.0695. The molecule has 1 aliphatic rings. The second-order valence-electron chi connectivity index (χ2n) is 7.70. The van der Waals surface area contributed by atoms with Crippen LogP contribution in [-0.4, -0.2) is 39.9 Å². The van der Waals surface area contributed by atoms with E-state index in [1.54, 1.807) is 4.90 Å². The molecule has 0 amide bonds. The van der Waals surface area contributed by atoms with Crippen molar-refractivity contribution in [2.75, 3.05) is 23.7 Å². The molecule has 0 aliphatic carbocycles. The number of benzene rings is 2. The Hall–Kier alpha value is -3.02. The van der Waals surface area contributed by atoms with Crippen molar-refractivity contribution in [3.63, 3.8) is 0 Å². The van der Waals surface area contributed by atoms with Gasteiger partial charge < -0.3 is 31.1 Å². The molecule has 0 unspecified atom stereocenters. The summed E-state index contributed by atoms with van der Waals surface area (Å²) in [6, 6.07) is 2.11. The number of carboxylic acid groups (broad SMARTS) is 1. The van der Waals surface area contributed by atoms with Gasteiger partial charge in [0, 0.05) is 36.5 Å². The van der Waals surface area contributed by atoms with Crippen molar-refractivity contribution in [3.05, 3.63) is 61.4 Å². The number of aliphatic hydroxyl groups excluding tert-OH is 1. The smallest absolute Gasteiger partial charge is 0.341 e. The molecule has 6 N–H and O–H groups in total. The highest BCUT2D eigenvalue weighted by Gasteiger charge is 2.32. The maximum Gasteiger partial charge on any atom is 0.341 e. The van der Waals surface area contributed by atoms with E-state index in [0.717, 1.165) is 12.3 Å². The van der Waals surface area contributed by atoms with Crippen LogP contribution in [0.15, 0.2) is 27.6 Å². The average molecular weight is 509 g/mol. The number of nitrogens with zero attached hydrogens (tertiary/aromatic N) is 2. The third-order valence-electron chi connectivity index (χ3n) is 5.62. The molecule has 1 aromatic heterocycles. The van der Waals surface area contributed by atoms with E-state index in [0.29, 0.717) is 13.1 Å². The van der Waals surface area contributed by atoms with Crippen LogP contribution in [0.5, 0.6) is 0 Å². The summed E-state index contributed by atoms with van der Waals surface area (Å²) >= 11 is 3.39. The fourth-order valence-corrected chi connectivity index (χ4v) is 4.77. The van der Waals surface area contributed by atoms with Crippen LogP contribution in [0.4, 0.5) is 20.2 Å². The Morgan fingerprint density at radius 3 is 2.53 bits per heavy atom. The average Bonchev–Trinajstić information content (AvgIpc) is 2.72. The van der Waals surface area contributed by atoms with Crippen molar-refractivity contribution >= 4 is 44.2 Å². The number of fused-ring (bicyclic) bond motifs is 1. The Labute approximate surface area is 188 Å². The predicted octanol–water partition coefficient (Wildman–Crippen LogP) is 2.26. The van der Waals surface area contributed by atoms with Crippen molar-refractivity contribution in [3.8, 4) is 5.69 Å². The molecule has 168 valence electrons. The summed E-state index contributed by atoms with van der Waals surface area (Å²) in [5.74, 6) is -2.96. The van der Waals surface area contributed by atoms with Crippen molar-refractivity contribution in [2.45, 2.75) is 19.6 Å². The first-order valence-electron chi connectivity index (χ1n) is 9.56. The number of rotatable bonds is 4. The molecule has 1 fully saturated rings. The number of anilines is 2. The van der Waals surface area contributed by atoms with Gasteiger partial charge in [0.1, 0.15) is 11.4 Å². The lowest BCUT2D eigenvalue weighted by atomic mass is 10.0. The Morgan fingerprint density at radius 2 is 1.97 bits per heavy atom. The van der Waals surface area contributed by atoms with Crippen molar-refractivity contribution in [1.82, 2.24) is 4.57 Å². The zero-order chi connectivity index (χ0) is 23.5. The van der Waals surface area contributed by atoms with E-state index in [1.807, 2.05) is 0 Å². The van der Waals surface area contributed by atoms with E-state index in [9.17, 15) is 24.2 Å². The topological polar surface area (TPSA) is 135 Å². The third kappa shape index (κ3) is 3.24. The minimum Gasteiger partial charge on any atom is -0.477 e. The molecule has 1 aliphatic heterocycles. The van der Waals surface area contributed by atoms with Crippen molar-refractivity contribution in [2.24, 2.45) is 5.73 Å². The van der Waals surface area contributed by atoms with E-state index in [1.165, 1.54) is 17.6 Å². The number of hydrogen-bond acceptors (Lipinski definition) is 6. The molecule has 1 saturated heterocycles. The highest BCUT2D eigenvalue weighted by atomic mass is 79.9. The Bertz CT molecular complexity index is 1350. The summed E-state index contributed by atoms with van der Waals surface area (Å²) in [6.45, 7) is 1.58. The number of carbonyl (C=O) groups is 1. The standard InChI is InChI=1S/C21H19BrF2N4O4/c1-8-15-18(16(22)19(17(8)24)27-4-10(25)5-27)28(6-11(20(15)30)21(31)32)14-3-13(26)12(23)2-9(14)7-29/h2-3,6,10,29H,4-5,7,25-26H2,1H3,(H,31,32). The number of hydrogen-bond donors (Lipinski definition) is 4. The molecule has 8 nitrogen and oxygen atoms in total. The molecular weight excluding hydrogens is 490 g/mol. The van der Waals surface area contributed by atoms with Gasteiger partial charge in [-0.15, -0.1) is 0 Å². The first-order valence-corrected chi connectivity index (χ1v) is 10.4. The highest BCUT2D eigenvalue weighted by Crippen LogP contribution is 2.41. The highest BCUT2D eigenvalue weighted by molar-refractivity contribution is 9.10. The number of aliphatic hydroxyl groups is 1. The summed E-state index contributed by atoms with van der Waals surface area (Å²) < 4.78 is 30.9. The maximum absolute atomic E-state index is 15.4. The molecule has 2 aromatic carbocycles. The molecule has 11 heteroatoms. The van der Waals surface area contributed by atoms with Gasteiger partial charge in [-0.25, -0.2) is 13.6 Å². The number of aromatic nitrogens is 1. The van der Waals surface area contributed by atoms with Crippen LogP contribution >= 0.6 is 15.9 Å². The second kappa shape index (κ2) is 7.84. The number of carboxylic acids is 1. The molecule has 0 spiro atoms. The van der Waals surface area contributed by atoms with Gasteiger partial charge in [0.2, 0.25) is 5.43 Å². The van der Waals surface area contributed by atoms with Gasteiger partial charge in [0.05, 0.1) is 39.0 Å². The summed E-state index contributed by atoms with van der Waals surface area (Å²) in [4.78, 5) is 26.5. The van der Waals surface area contributed by atoms with Crippen LogP contribution in [0.25, 0.3) is 16.6 Å². The van der Waals surface area contributed by atoms with Gasteiger partial charge >= 0.3 is 5.97 Å². The van der Waals surface area contributed by atoms with E-state index in [-0.39, 0.29) is 49.6 Å². The molecule has 2 heterocycles. The van der Waals surface area contributed by atoms with E-state index in [2.05, 4.69) is 15.9 Å². The lowest BCUT2D eigenvalue weighted by Crippen LogP contribution is -2.56. The van der Waals surface area contributed by atoms with Crippen LogP contribution in [0, 0.1) is 18.6 Å².